The predicted octanol–water partition coefficient (Wildman–Crippen LogP) is 2.85. The predicted molar refractivity (Wildman–Crippen MR) is 68.8 cm³/mol. The summed E-state index contributed by atoms with van der Waals surface area (Å²) >= 11 is 0. The van der Waals surface area contributed by atoms with E-state index in [-0.39, 0.29) is 0 Å². The first-order valence-electron chi connectivity index (χ1n) is 6.47. The van der Waals surface area contributed by atoms with E-state index in [1.54, 1.807) is 44.2 Å². The zero-order chi connectivity index (χ0) is 15.0. The molecular weight excluding hydrogens is 269 g/mol. The first kappa shape index (κ1) is 14.8. The molecule has 2 rings (SSSR count). The van der Waals surface area contributed by atoms with Gasteiger partial charge in [0, 0.05) is 0 Å². The second-order valence-electron chi connectivity index (χ2n) is 5.19. The third-order valence-electron chi connectivity index (χ3n) is 3.67. The van der Waals surface area contributed by atoms with Gasteiger partial charge in [0.25, 0.3) is 0 Å². The van der Waals surface area contributed by atoms with Crippen LogP contribution < -0.4 is 5.32 Å². The number of nitrogens with zero attached hydrogens (tertiary/aromatic N) is 1. The Morgan fingerprint density at radius 1 is 1.30 bits per heavy atom. The van der Waals surface area contributed by atoms with Gasteiger partial charge in [0.2, 0.25) is 5.91 Å². The highest BCUT2D eigenvalue weighted by Gasteiger charge is 2.50. The van der Waals surface area contributed by atoms with Crippen LogP contribution >= 0.6 is 0 Å². The zero-order valence-electron chi connectivity index (χ0n) is 11.4. The second-order valence-corrected chi connectivity index (χ2v) is 5.19. The van der Waals surface area contributed by atoms with Gasteiger partial charge in [-0.1, -0.05) is 37.3 Å². The Kier molecular flexibility index (Phi) is 3.77. The quantitative estimate of drug-likeness (QED) is 0.926. The molecule has 110 valence electrons. The van der Waals surface area contributed by atoms with Crippen LogP contribution in [0.5, 0.6) is 0 Å². The molecule has 1 aromatic carbocycles. The first-order chi connectivity index (χ1) is 9.27. The largest absolute Gasteiger partial charge is 0.406 e. The van der Waals surface area contributed by atoms with Gasteiger partial charge < -0.3 is 4.90 Å². The van der Waals surface area contributed by atoms with E-state index in [0.717, 1.165) is 4.90 Å². The van der Waals surface area contributed by atoms with Crippen molar-refractivity contribution >= 4 is 5.91 Å². The number of benzene rings is 1. The molecule has 0 bridgehead atoms. The molecule has 20 heavy (non-hydrogen) atoms. The summed E-state index contributed by atoms with van der Waals surface area (Å²) in [5, 5.41) is 3.03. The Hall–Kier alpha value is -1.56. The maximum absolute atomic E-state index is 12.7. The van der Waals surface area contributed by atoms with Crippen LogP contribution in [0.4, 0.5) is 13.2 Å². The van der Waals surface area contributed by atoms with Crippen LogP contribution in [0.1, 0.15) is 32.0 Å². The van der Waals surface area contributed by atoms with Crippen LogP contribution in [0.15, 0.2) is 30.3 Å². The summed E-state index contributed by atoms with van der Waals surface area (Å²) in [6, 6.07) is 8.71. The van der Waals surface area contributed by atoms with Crippen molar-refractivity contribution in [1.82, 2.24) is 10.2 Å². The van der Waals surface area contributed by atoms with Crippen molar-refractivity contribution in [3.05, 3.63) is 35.9 Å². The monoisotopic (exact) mass is 286 g/mol. The molecule has 1 amide bonds. The summed E-state index contributed by atoms with van der Waals surface area (Å²) in [6.45, 7) is 2.18. The molecule has 0 saturated carbocycles. The van der Waals surface area contributed by atoms with E-state index in [2.05, 4.69) is 5.32 Å². The molecule has 0 radical (unpaired) electrons. The molecule has 1 aliphatic rings. The third kappa shape index (κ3) is 2.80. The molecule has 1 aromatic rings. The van der Waals surface area contributed by atoms with Crippen molar-refractivity contribution in [2.24, 2.45) is 0 Å². The van der Waals surface area contributed by atoms with Gasteiger partial charge in [-0.3, -0.25) is 10.1 Å². The summed E-state index contributed by atoms with van der Waals surface area (Å²) in [5.74, 6) is -0.508. The lowest BCUT2D eigenvalue weighted by atomic mass is 9.99. The lowest BCUT2D eigenvalue weighted by Crippen LogP contribution is -2.44. The number of hydrogen-bond donors (Lipinski definition) is 1. The van der Waals surface area contributed by atoms with Gasteiger partial charge in [-0.2, -0.15) is 13.2 Å². The van der Waals surface area contributed by atoms with E-state index in [9.17, 15) is 18.0 Å². The first-order valence-corrected chi connectivity index (χ1v) is 6.47. The third-order valence-corrected chi connectivity index (χ3v) is 3.67. The van der Waals surface area contributed by atoms with Crippen molar-refractivity contribution in [2.45, 2.75) is 38.1 Å². The van der Waals surface area contributed by atoms with Crippen LogP contribution in [-0.4, -0.2) is 29.1 Å². The molecular formula is C14H17F3N2O. The molecule has 0 aliphatic carbocycles. The van der Waals surface area contributed by atoms with Gasteiger partial charge >= 0.3 is 6.18 Å². The molecule has 3 nitrogen and oxygen atoms in total. The summed E-state index contributed by atoms with van der Waals surface area (Å²) in [4.78, 5) is 13.2. The van der Waals surface area contributed by atoms with Crippen LogP contribution in [0.3, 0.4) is 0 Å². The number of halogens is 3. The van der Waals surface area contributed by atoms with Gasteiger partial charge in [-0.25, -0.2) is 0 Å². The molecule has 1 N–H and O–H groups in total. The molecule has 0 spiro atoms. The van der Waals surface area contributed by atoms with Crippen LogP contribution in [0, 0.1) is 0 Å². The van der Waals surface area contributed by atoms with E-state index in [0.29, 0.717) is 12.0 Å². The van der Waals surface area contributed by atoms with Gasteiger partial charge in [0.05, 0.1) is 5.54 Å². The van der Waals surface area contributed by atoms with E-state index >= 15 is 0 Å². The van der Waals surface area contributed by atoms with Crippen LogP contribution in [-0.2, 0) is 4.79 Å². The van der Waals surface area contributed by atoms with Crippen molar-refractivity contribution in [3.63, 3.8) is 0 Å². The van der Waals surface area contributed by atoms with Crippen molar-refractivity contribution in [3.8, 4) is 0 Å². The van der Waals surface area contributed by atoms with Gasteiger partial charge in [0.15, 0.2) is 0 Å². The van der Waals surface area contributed by atoms with Crippen LogP contribution in [0.2, 0.25) is 0 Å². The van der Waals surface area contributed by atoms with Gasteiger partial charge in [-0.15, -0.1) is 0 Å². The normalized spacial score (nSPS) is 27.1. The molecule has 1 heterocycles. The smallest absolute Gasteiger partial charge is 0.312 e. The van der Waals surface area contributed by atoms with Gasteiger partial charge in [0.1, 0.15) is 12.7 Å². The molecule has 2 unspecified atom stereocenters. The Labute approximate surface area is 115 Å². The number of hydrogen-bond acceptors (Lipinski definition) is 2. The Morgan fingerprint density at radius 2 is 1.90 bits per heavy atom. The van der Waals surface area contributed by atoms with Crippen molar-refractivity contribution in [1.29, 1.82) is 0 Å². The lowest BCUT2D eigenvalue weighted by Gasteiger charge is -2.25. The van der Waals surface area contributed by atoms with E-state index < -0.39 is 30.3 Å². The summed E-state index contributed by atoms with van der Waals surface area (Å²) < 4.78 is 38.1. The highest BCUT2D eigenvalue weighted by Crippen LogP contribution is 2.34. The zero-order valence-corrected chi connectivity index (χ0v) is 11.4. The topological polar surface area (TPSA) is 32.3 Å². The minimum Gasteiger partial charge on any atom is -0.312 e. The number of alkyl halides is 3. The molecule has 2 atom stereocenters. The molecule has 1 saturated heterocycles. The SMILES string of the molecule is CCC1(C)NC(c2ccccc2)N(CC(F)(F)F)C1=O. The average Bonchev–Trinajstić information content (AvgIpc) is 2.64. The minimum absolute atomic E-state index is 0.434. The van der Waals surface area contributed by atoms with E-state index in [1.807, 2.05) is 0 Å². The number of rotatable bonds is 3. The number of carbonyl (C=O) groups is 1. The van der Waals surface area contributed by atoms with E-state index in [4.69, 9.17) is 0 Å². The average molecular weight is 286 g/mol. The van der Waals surface area contributed by atoms with Crippen molar-refractivity contribution in [2.75, 3.05) is 6.54 Å². The highest BCUT2D eigenvalue weighted by atomic mass is 19.4. The molecule has 6 heteroatoms. The molecule has 1 fully saturated rings. The maximum Gasteiger partial charge on any atom is 0.406 e. The lowest BCUT2D eigenvalue weighted by molar-refractivity contribution is -0.162. The van der Waals surface area contributed by atoms with Gasteiger partial charge in [-0.05, 0) is 18.9 Å². The minimum atomic E-state index is -4.41. The highest BCUT2D eigenvalue weighted by molar-refractivity contribution is 5.88. The fourth-order valence-electron chi connectivity index (χ4n) is 2.38. The fraction of sp³-hybridized carbons (Fsp3) is 0.500. The van der Waals surface area contributed by atoms with Crippen LogP contribution in [0.25, 0.3) is 0 Å². The fourth-order valence-corrected chi connectivity index (χ4v) is 2.38. The standard InChI is InChI=1S/C14H17F3N2O/c1-3-13(2)12(20)19(9-14(15,16)17)11(18-13)10-7-5-4-6-8-10/h4-8,11,18H,3,9H2,1-2H3. The molecule has 0 aromatic heterocycles. The maximum atomic E-state index is 12.7. The Balaban J connectivity index is 2.35. The Morgan fingerprint density at radius 3 is 2.40 bits per heavy atom. The number of nitrogens with one attached hydrogen (secondary N) is 1. The summed E-state index contributed by atoms with van der Waals surface area (Å²) in [6.07, 6.45) is -4.72. The Bertz CT molecular complexity index is 489. The summed E-state index contributed by atoms with van der Waals surface area (Å²) in [5.41, 5.74) is -0.298. The number of amides is 1. The van der Waals surface area contributed by atoms with E-state index in [1.165, 1.54) is 0 Å². The molecule has 1 aliphatic heterocycles. The number of carbonyl (C=O) groups excluding carboxylic acids is 1. The van der Waals surface area contributed by atoms with Crippen molar-refractivity contribution < 1.29 is 18.0 Å². The second kappa shape index (κ2) is 5.09. The summed E-state index contributed by atoms with van der Waals surface area (Å²) in [7, 11) is 0.